The first-order valence-electron chi connectivity index (χ1n) is 5.88. The highest BCUT2D eigenvalue weighted by Gasteiger charge is 2.11. The van der Waals surface area contributed by atoms with Crippen LogP contribution in [-0.2, 0) is 6.61 Å². The maximum Gasteiger partial charge on any atom is 0.338 e. The van der Waals surface area contributed by atoms with Gasteiger partial charge < -0.3 is 9.84 Å². The molecule has 0 fully saturated rings. The van der Waals surface area contributed by atoms with Gasteiger partial charge in [-0.05, 0) is 48.4 Å². The first kappa shape index (κ1) is 14.5. The topological polar surface area (TPSA) is 46.5 Å². The van der Waals surface area contributed by atoms with Crippen molar-refractivity contribution in [2.75, 3.05) is 0 Å². The molecule has 0 heterocycles. The Hall–Kier alpha value is -1.88. The highest BCUT2D eigenvalue weighted by molar-refractivity contribution is 9.10. The summed E-state index contributed by atoms with van der Waals surface area (Å²) in [5, 5.41) is 8.86. The second kappa shape index (κ2) is 6.05. The van der Waals surface area contributed by atoms with Gasteiger partial charge in [-0.25, -0.2) is 9.18 Å². The summed E-state index contributed by atoms with van der Waals surface area (Å²) in [7, 11) is 0. The zero-order valence-corrected chi connectivity index (χ0v) is 12.3. The number of benzene rings is 2. The number of aryl methyl sites for hydroxylation is 1. The van der Waals surface area contributed by atoms with Crippen LogP contribution in [0, 0.1) is 12.7 Å². The fraction of sp³-hybridized carbons (Fsp3) is 0.133. The summed E-state index contributed by atoms with van der Waals surface area (Å²) in [6.45, 7) is 2.09. The molecule has 0 aliphatic heterocycles. The molecule has 104 valence electrons. The number of carboxylic acid groups (broad SMARTS) is 1. The zero-order chi connectivity index (χ0) is 14.7. The third-order valence-corrected chi connectivity index (χ3v) is 3.29. The first-order chi connectivity index (χ1) is 9.47. The van der Waals surface area contributed by atoms with E-state index in [-0.39, 0.29) is 12.2 Å². The molecule has 0 aliphatic rings. The molecule has 0 aliphatic carbocycles. The minimum Gasteiger partial charge on any atom is -0.489 e. The Morgan fingerprint density at radius 2 is 2.05 bits per heavy atom. The number of hydrogen-bond acceptors (Lipinski definition) is 2. The predicted molar refractivity (Wildman–Crippen MR) is 76.6 cm³/mol. The second-order valence-corrected chi connectivity index (χ2v) is 5.23. The third kappa shape index (κ3) is 3.36. The average Bonchev–Trinajstić information content (AvgIpc) is 2.39. The molecule has 2 aromatic rings. The highest BCUT2D eigenvalue weighted by atomic mass is 79.9. The molecule has 3 nitrogen and oxygen atoms in total. The highest BCUT2D eigenvalue weighted by Crippen LogP contribution is 2.23. The molecule has 1 N–H and O–H groups in total. The van der Waals surface area contributed by atoms with E-state index in [1.807, 2.05) is 25.1 Å². The monoisotopic (exact) mass is 338 g/mol. The molecule has 0 atom stereocenters. The van der Waals surface area contributed by atoms with Crippen molar-refractivity contribution >= 4 is 21.9 Å². The average molecular weight is 339 g/mol. The maximum atomic E-state index is 13.3. The van der Waals surface area contributed by atoms with Crippen LogP contribution in [0.4, 0.5) is 4.39 Å². The normalized spacial score (nSPS) is 10.3. The van der Waals surface area contributed by atoms with Gasteiger partial charge in [-0.1, -0.05) is 22.0 Å². The minimum atomic E-state index is -1.29. The molecule has 0 aromatic heterocycles. The standard InChI is InChI=1S/C15H12BrFO3/c1-9-6-11(16)3-5-14(9)20-8-10-2-4-13(17)12(7-10)15(18)19/h2-7H,8H2,1H3,(H,18,19). The van der Waals surface area contributed by atoms with Gasteiger partial charge in [-0.3, -0.25) is 0 Å². The van der Waals surface area contributed by atoms with Crippen molar-refractivity contribution < 1.29 is 19.0 Å². The summed E-state index contributed by atoms with van der Waals surface area (Å²) in [5.74, 6) is -1.33. The van der Waals surface area contributed by atoms with Crippen molar-refractivity contribution in [2.45, 2.75) is 13.5 Å². The molecule has 20 heavy (non-hydrogen) atoms. The number of aromatic carboxylic acids is 1. The van der Waals surface area contributed by atoms with E-state index in [0.717, 1.165) is 16.1 Å². The number of hydrogen-bond donors (Lipinski definition) is 1. The van der Waals surface area contributed by atoms with Crippen molar-refractivity contribution in [2.24, 2.45) is 0 Å². The number of carbonyl (C=O) groups is 1. The molecule has 0 unspecified atom stereocenters. The fourth-order valence-electron chi connectivity index (χ4n) is 1.76. The van der Waals surface area contributed by atoms with E-state index in [1.54, 1.807) is 0 Å². The van der Waals surface area contributed by atoms with Crippen LogP contribution in [0.5, 0.6) is 5.75 Å². The lowest BCUT2D eigenvalue weighted by atomic mass is 10.1. The molecule has 2 aromatic carbocycles. The van der Waals surface area contributed by atoms with Gasteiger partial charge in [0.05, 0.1) is 5.56 Å². The number of halogens is 2. The Labute approximate surface area is 124 Å². The van der Waals surface area contributed by atoms with Crippen LogP contribution >= 0.6 is 15.9 Å². The van der Waals surface area contributed by atoms with Gasteiger partial charge in [0, 0.05) is 4.47 Å². The van der Waals surface area contributed by atoms with Gasteiger partial charge in [0.25, 0.3) is 0 Å². The molecule has 2 rings (SSSR count). The molecular formula is C15H12BrFO3. The first-order valence-corrected chi connectivity index (χ1v) is 6.67. The molecule has 0 bridgehead atoms. The SMILES string of the molecule is Cc1cc(Br)ccc1OCc1ccc(F)c(C(=O)O)c1. The minimum absolute atomic E-state index is 0.184. The van der Waals surface area contributed by atoms with E-state index in [9.17, 15) is 9.18 Å². The Morgan fingerprint density at radius 1 is 1.30 bits per heavy atom. The summed E-state index contributed by atoms with van der Waals surface area (Å²) in [5.41, 5.74) is 1.21. The van der Waals surface area contributed by atoms with E-state index in [1.165, 1.54) is 12.1 Å². The lowest BCUT2D eigenvalue weighted by Gasteiger charge is -2.10. The van der Waals surface area contributed by atoms with Crippen molar-refractivity contribution in [1.82, 2.24) is 0 Å². The fourth-order valence-corrected chi connectivity index (χ4v) is 2.24. The number of ether oxygens (including phenoxy) is 1. The molecule has 0 amide bonds. The van der Waals surface area contributed by atoms with Crippen LogP contribution in [0.2, 0.25) is 0 Å². The van der Waals surface area contributed by atoms with E-state index in [2.05, 4.69) is 15.9 Å². The van der Waals surface area contributed by atoms with E-state index in [0.29, 0.717) is 11.3 Å². The summed E-state index contributed by atoms with van der Waals surface area (Å²) >= 11 is 3.36. The number of carboxylic acids is 1. The smallest absolute Gasteiger partial charge is 0.338 e. The Balaban J connectivity index is 2.15. The molecule has 0 saturated carbocycles. The van der Waals surface area contributed by atoms with Gasteiger partial charge in [0.2, 0.25) is 0 Å². The Kier molecular flexibility index (Phi) is 4.39. The summed E-state index contributed by atoms with van der Waals surface area (Å²) in [6.07, 6.45) is 0. The quantitative estimate of drug-likeness (QED) is 0.909. The van der Waals surface area contributed by atoms with Gasteiger partial charge in [-0.2, -0.15) is 0 Å². The summed E-state index contributed by atoms with van der Waals surface area (Å²) in [4.78, 5) is 10.9. The lowest BCUT2D eigenvalue weighted by molar-refractivity contribution is 0.0691. The van der Waals surface area contributed by atoms with Crippen LogP contribution in [0.3, 0.4) is 0 Å². The van der Waals surface area contributed by atoms with Crippen LogP contribution < -0.4 is 4.74 Å². The molecule has 0 radical (unpaired) electrons. The maximum absolute atomic E-state index is 13.3. The van der Waals surface area contributed by atoms with E-state index in [4.69, 9.17) is 9.84 Å². The third-order valence-electron chi connectivity index (χ3n) is 2.79. The summed E-state index contributed by atoms with van der Waals surface area (Å²) < 4.78 is 19.8. The van der Waals surface area contributed by atoms with E-state index < -0.39 is 11.8 Å². The predicted octanol–water partition coefficient (Wildman–Crippen LogP) is 4.17. The van der Waals surface area contributed by atoms with E-state index >= 15 is 0 Å². The van der Waals surface area contributed by atoms with Crippen LogP contribution in [0.25, 0.3) is 0 Å². The van der Waals surface area contributed by atoms with Crippen LogP contribution in [-0.4, -0.2) is 11.1 Å². The molecular weight excluding hydrogens is 327 g/mol. The number of rotatable bonds is 4. The Morgan fingerprint density at radius 3 is 2.70 bits per heavy atom. The van der Waals surface area contributed by atoms with Crippen LogP contribution in [0.1, 0.15) is 21.5 Å². The Bertz CT molecular complexity index is 656. The lowest BCUT2D eigenvalue weighted by Crippen LogP contribution is -2.04. The van der Waals surface area contributed by atoms with Gasteiger partial charge in [0.1, 0.15) is 18.2 Å². The molecule has 0 saturated heterocycles. The van der Waals surface area contributed by atoms with Crippen molar-refractivity contribution in [1.29, 1.82) is 0 Å². The second-order valence-electron chi connectivity index (χ2n) is 4.32. The van der Waals surface area contributed by atoms with Crippen molar-refractivity contribution in [3.8, 4) is 5.75 Å². The van der Waals surface area contributed by atoms with Crippen LogP contribution in [0.15, 0.2) is 40.9 Å². The van der Waals surface area contributed by atoms with Gasteiger partial charge >= 0.3 is 5.97 Å². The van der Waals surface area contributed by atoms with Gasteiger partial charge in [0.15, 0.2) is 0 Å². The molecule has 5 heteroatoms. The molecule has 0 spiro atoms. The van der Waals surface area contributed by atoms with Crippen molar-refractivity contribution in [3.63, 3.8) is 0 Å². The van der Waals surface area contributed by atoms with Gasteiger partial charge in [-0.15, -0.1) is 0 Å². The van der Waals surface area contributed by atoms with Crippen molar-refractivity contribution in [3.05, 3.63) is 63.4 Å². The zero-order valence-electron chi connectivity index (χ0n) is 10.7. The largest absolute Gasteiger partial charge is 0.489 e. The summed E-state index contributed by atoms with van der Waals surface area (Å²) in [6, 6.07) is 9.53.